The second-order valence-electron chi connectivity index (χ2n) is 6.88. The van der Waals surface area contributed by atoms with Crippen LogP contribution in [0.25, 0.3) is 0 Å². The molecule has 0 spiro atoms. The van der Waals surface area contributed by atoms with Crippen LogP contribution in [0.3, 0.4) is 0 Å². The summed E-state index contributed by atoms with van der Waals surface area (Å²) in [7, 11) is -1.77. The van der Waals surface area contributed by atoms with E-state index in [0.29, 0.717) is 13.0 Å². The lowest BCUT2D eigenvalue weighted by Gasteiger charge is -2.24. The van der Waals surface area contributed by atoms with E-state index in [9.17, 15) is 13.2 Å². The Kier molecular flexibility index (Phi) is 7.90. The minimum Gasteiger partial charge on any atom is -0.496 e. The van der Waals surface area contributed by atoms with Crippen molar-refractivity contribution in [2.75, 3.05) is 26.5 Å². The van der Waals surface area contributed by atoms with Gasteiger partial charge in [-0.1, -0.05) is 37.5 Å². The summed E-state index contributed by atoms with van der Waals surface area (Å²) in [5.74, 6) is 0.679. The van der Waals surface area contributed by atoms with Crippen molar-refractivity contribution in [3.05, 3.63) is 29.8 Å². The van der Waals surface area contributed by atoms with Gasteiger partial charge in [-0.2, -0.15) is 0 Å². The molecule has 1 aromatic rings. The first-order valence-corrected chi connectivity index (χ1v) is 11.1. The van der Waals surface area contributed by atoms with Gasteiger partial charge in [0.1, 0.15) is 5.75 Å². The van der Waals surface area contributed by atoms with Crippen molar-refractivity contribution >= 4 is 15.9 Å². The molecule has 1 aliphatic rings. The zero-order valence-corrected chi connectivity index (χ0v) is 16.6. The van der Waals surface area contributed by atoms with E-state index >= 15 is 0 Å². The van der Waals surface area contributed by atoms with E-state index in [-0.39, 0.29) is 24.9 Å². The van der Waals surface area contributed by atoms with E-state index in [2.05, 4.69) is 5.32 Å². The Morgan fingerprint density at radius 1 is 1.19 bits per heavy atom. The monoisotopic (exact) mass is 382 g/mol. The van der Waals surface area contributed by atoms with Crippen LogP contribution in [0.15, 0.2) is 24.3 Å². The number of nitrogens with zero attached hydrogens (tertiary/aromatic N) is 1. The highest BCUT2D eigenvalue weighted by Crippen LogP contribution is 2.19. The number of nitrogens with one attached hydrogen (secondary N) is 1. The highest BCUT2D eigenvalue weighted by Gasteiger charge is 2.20. The maximum atomic E-state index is 12.2. The summed E-state index contributed by atoms with van der Waals surface area (Å²) in [6, 6.07) is 7.82. The molecule has 0 saturated heterocycles. The normalized spacial score (nSPS) is 15.8. The van der Waals surface area contributed by atoms with E-state index in [1.165, 1.54) is 17.0 Å². The second kappa shape index (κ2) is 9.92. The van der Waals surface area contributed by atoms with Crippen molar-refractivity contribution in [2.45, 2.75) is 51.0 Å². The Balaban J connectivity index is 1.88. The van der Waals surface area contributed by atoms with Crippen LogP contribution in [-0.4, -0.2) is 51.1 Å². The van der Waals surface area contributed by atoms with Crippen molar-refractivity contribution in [3.63, 3.8) is 0 Å². The Morgan fingerprint density at radius 3 is 2.54 bits per heavy atom. The number of methoxy groups -OCH3 is 1. The summed E-state index contributed by atoms with van der Waals surface area (Å²) in [5.41, 5.74) is 0.954. The molecular formula is C19H30N2O4S. The first-order valence-electron chi connectivity index (χ1n) is 9.26. The van der Waals surface area contributed by atoms with Gasteiger partial charge in [-0.3, -0.25) is 4.79 Å². The van der Waals surface area contributed by atoms with Gasteiger partial charge in [0, 0.05) is 25.6 Å². The zero-order chi connectivity index (χ0) is 19.0. The van der Waals surface area contributed by atoms with E-state index in [1.807, 2.05) is 24.3 Å². The fourth-order valence-corrected chi connectivity index (χ4v) is 4.22. The lowest BCUT2D eigenvalue weighted by molar-refractivity contribution is -0.122. The van der Waals surface area contributed by atoms with Crippen LogP contribution in [0.4, 0.5) is 0 Å². The molecule has 1 amide bonds. The lowest BCUT2D eigenvalue weighted by atomic mass is 9.95. The molecule has 0 aliphatic heterocycles. The van der Waals surface area contributed by atoms with Crippen LogP contribution in [0.2, 0.25) is 0 Å². The summed E-state index contributed by atoms with van der Waals surface area (Å²) in [6.07, 6.45) is 7.51. The number of amides is 1. The van der Waals surface area contributed by atoms with Crippen molar-refractivity contribution in [3.8, 4) is 5.75 Å². The number of benzene rings is 1. The number of hydrogen-bond acceptors (Lipinski definition) is 4. The second-order valence-corrected chi connectivity index (χ2v) is 8.86. The average Bonchev–Trinajstić information content (AvgIpc) is 2.61. The van der Waals surface area contributed by atoms with E-state index in [1.54, 1.807) is 7.11 Å². The molecule has 0 aromatic heterocycles. The molecule has 1 aromatic carbocycles. The Hall–Kier alpha value is -1.60. The third-order valence-electron chi connectivity index (χ3n) is 4.85. The fraction of sp³-hybridized carbons (Fsp3) is 0.632. The van der Waals surface area contributed by atoms with Crippen LogP contribution >= 0.6 is 0 Å². The molecule has 1 fully saturated rings. The lowest BCUT2D eigenvalue weighted by Crippen LogP contribution is -2.39. The number of hydrogen-bond donors (Lipinski definition) is 1. The smallest absolute Gasteiger partial charge is 0.221 e. The van der Waals surface area contributed by atoms with Gasteiger partial charge in [-0.05, 0) is 30.9 Å². The minimum atomic E-state index is -3.37. The molecule has 26 heavy (non-hydrogen) atoms. The van der Waals surface area contributed by atoms with Gasteiger partial charge >= 0.3 is 0 Å². The molecule has 2 rings (SSSR count). The number of carbonyl (C=O) groups excluding carboxylic acids is 1. The molecule has 7 heteroatoms. The van der Waals surface area contributed by atoms with Crippen molar-refractivity contribution in [1.29, 1.82) is 0 Å². The van der Waals surface area contributed by atoms with Gasteiger partial charge in [0.2, 0.25) is 15.9 Å². The van der Waals surface area contributed by atoms with E-state index in [0.717, 1.165) is 37.0 Å². The number of carbonyl (C=O) groups is 1. The summed E-state index contributed by atoms with van der Waals surface area (Å²) < 4.78 is 30.8. The van der Waals surface area contributed by atoms with E-state index < -0.39 is 10.0 Å². The first kappa shape index (κ1) is 20.7. The third kappa shape index (κ3) is 6.61. The average molecular weight is 383 g/mol. The SMILES string of the molecule is COc1ccccc1CCN(CCC(=O)NC1CCCCC1)S(C)(=O)=O. The first-order chi connectivity index (χ1) is 12.4. The molecule has 0 unspecified atom stereocenters. The van der Waals surface area contributed by atoms with Crippen molar-refractivity contribution in [1.82, 2.24) is 9.62 Å². The standard InChI is InChI=1S/C19H30N2O4S/c1-25-18-11-7-6-8-16(18)12-14-21(26(2,23)24)15-13-19(22)20-17-9-4-3-5-10-17/h6-8,11,17H,3-5,9-10,12-15H2,1-2H3,(H,20,22). The Labute approximate surface area is 157 Å². The van der Waals surface area contributed by atoms with Gasteiger partial charge in [-0.25, -0.2) is 12.7 Å². The van der Waals surface area contributed by atoms with Crippen LogP contribution in [0.1, 0.15) is 44.1 Å². The molecule has 1 saturated carbocycles. The highest BCUT2D eigenvalue weighted by molar-refractivity contribution is 7.88. The Bertz CT molecular complexity index is 685. The summed E-state index contributed by atoms with van der Waals surface area (Å²) in [5, 5.41) is 3.04. The van der Waals surface area contributed by atoms with Crippen molar-refractivity contribution in [2.24, 2.45) is 0 Å². The van der Waals surface area contributed by atoms with Gasteiger partial charge in [0.05, 0.1) is 13.4 Å². The fourth-order valence-electron chi connectivity index (χ4n) is 3.37. The third-order valence-corrected chi connectivity index (χ3v) is 6.15. The van der Waals surface area contributed by atoms with Gasteiger partial charge in [-0.15, -0.1) is 0 Å². The quantitative estimate of drug-likeness (QED) is 0.711. The molecule has 6 nitrogen and oxygen atoms in total. The van der Waals surface area contributed by atoms with Crippen LogP contribution < -0.4 is 10.1 Å². The summed E-state index contributed by atoms with van der Waals surface area (Å²) >= 11 is 0. The molecule has 0 heterocycles. The maximum absolute atomic E-state index is 12.2. The summed E-state index contributed by atoms with van der Waals surface area (Å²) in [4.78, 5) is 12.2. The topological polar surface area (TPSA) is 75.7 Å². The molecule has 1 aliphatic carbocycles. The summed E-state index contributed by atoms with van der Waals surface area (Å²) in [6.45, 7) is 0.530. The largest absolute Gasteiger partial charge is 0.496 e. The molecular weight excluding hydrogens is 352 g/mol. The maximum Gasteiger partial charge on any atom is 0.221 e. The zero-order valence-electron chi connectivity index (χ0n) is 15.7. The minimum absolute atomic E-state index is 0.0668. The van der Waals surface area contributed by atoms with Gasteiger partial charge < -0.3 is 10.1 Å². The van der Waals surface area contributed by atoms with Crippen molar-refractivity contribution < 1.29 is 17.9 Å². The molecule has 146 valence electrons. The predicted molar refractivity (Wildman–Crippen MR) is 103 cm³/mol. The Morgan fingerprint density at radius 2 is 1.88 bits per heavy atom. The molecule has 0 atom stereocenters. The van der Waals surface area contributed by atoms with Crippen LogP contribution in [0.5, 0.6) is 5.75 Å². The van der Waals surface area contributed by atoms with Gasteiger partial charge in [0.15, 0.2) is 0 Å². The van der Waals surface area contributed by atoms with Crippen LogP contribution in [0, 0.1) is 0 Å². The molecule has 0 bridgehead atoms. The van der Waals surface area contributed by atoms with E-state index in [4.69, 9.17) is 4.74 Å². The number of sulfonamides is 1. The predicted octanol–water partition coefficient (Wildman–Crippen LogP) is 2.34. The highest BCUT2D eigenvalue weighted by atomic mass is 32.2. The number of rotatable bonds is 9. The van der Waals surface area contributed by atoms with Gasteiger partial charge in [0.25, 0.3) is 0 Å². The molecule has 1 N–H and O–H groups in total. The molecule has 0 radical (unpaired) electrons. The number of para-hydroxylation sites is 1. The van der Waals surface area contributed by atoms with Crippen LogP contribution in [-0.2, 0) is 21.2 Å². The number of ether oxygens (including phenoxy) is 1.